The molecule has 22 heavy (non-hydrogen) atoms. The molecule has 0 saturated carbocycles. The normalized spacial score (nSPS) is 14.7. The number of hydrogen-bond donors (Lipinski definition) is 1. The second-order valence-electron chi connectivity index (χ2n) is 5.39. The molecular weight excluding hydrogens is 290 g/mol. The highest BCUT2D eigenvalue weighted by Crippen LogP contribution is 2.20. The second kappa shape index (κ2) is 5.82. The van der Waals surface area contributed by atoms with Crippen LogP contribution < -0.4 is 5.32 Å². The van der Waals surface area contributed by atoms with Crippen LogP contribution in [0.1, 0.15) is 36.5 Å². The first-order valence-corrected chi connectivity index (χ1v) is 7.20. The van der Waals surface area contributed by atoms with E-state index in [4.69, 9.17) is 0 Å². The Kier molecular flexibility index (Phi) is 3.87. The van der Waals surface area contributed by atoms with Gasteiger partial charge in [-0.05, 0) is 19.4 Å². The topological polar surface area (TPSA) is 59.8 Å². The minimum atomic E-state index is -0.717. The number of carbonyl (C=O) groups excluding carboxylic acids is 1. The zero-order chi connectivity index (χ0) is 15.7. The monoisotopic (exact) mass is 306 g/mol. The first-order chi connectivity index (χ1) is 10.6. The molecule has 1 unspecified atom stereocenters. The van der Waals surface area contributed by atoms with Gasteiger partial charge in [0.2, 0.25) is 5.91 Å². The largest absolute Gasteiger partial charge is 0.348 e. The van der Waals surface area contributed by atoms with Gasteiger partial charge in [0.1, 0.15) is 17.5 Å². The molecule has 3 rings (SSSR count). The van der Waals surface area contributed by atoms with E-state index in [2.05, 4.69) is 15.5 Å². The maximum absolute atomic E-state index is 13.7. The second-order valence-corrected chi connectivity index (χ2v) is 5.39. The van der Waals surface area contributed by atoms with Gasteiger partial charge in [-0.1, -0.05) is 6.07 Å². The Bertz CT molecular complexity index is 714. The molecule has 1 aliphatic rings. The summed E-state index contributed by atoms with van der Waals surface area (Å²) in [6, 6.07) is 3.22. The van der Waals surface area contributed by atoms with Crippen LogP contribution in [0, 0.1) is 11.6 Å². The smallest absolute Gasteiger partial charge is 0.227 e. The summed E-state index contributed by atoms with van der Waals surface area (Å²) in [5, 5.41) is 10.8. The van der Waals surface area contributed by atoms with Crippen molar-refractivity contribution in [1.82, 2.24) is 20.1 Å². The van der Waals surface area contributed by atoms with Crippen molar-refractivity contribution in [1.29, 1.82) is 0 Å². The number of aromatic nitrogens is 3. The van der Waals surface area contributed by atoms with E-state index in [-0.39, 0.29) is 18.0 Å². The summed E-state index contributed by atoms with van der Waals surface area (Å²) < 4.78 is 28.6. The third kappa shape index (κ3) is 2.70. The highest BCUT2D eigenvalue weighted by Gasteiger charge is 2.21. The first kappa shape index (κ1) is 14.6. The van der Waals surface area contributed by atoms with Crippen molar-refractivity contribution in [2.45, 2.75) is 38.8 Å². The molecule has 116 valence electrons. The minimum Gasteiger partial charge on any atom is -0.348 e. The van der Waals surface area contributed by atoms with E-state index in [0.717, 1.165) is 37.3 Å². The van der Waals surface area contributed by atoms with E-state index in [0.29, 0.717) is 5.82 Å². The number of nitrogens with one attached hydrogen (secondary N) is 1. The number of amides is 1. The van der Waals surface area contributed by atoms with E-state index >= 15 is 0 Å². The molecular formula is C15H16F2N4O. The van der Waals surface area contributed by atoms with Crippen LogP contribution in [0.25, 0.3) is 0 Å². The van der Waals surface area contributed by atoms with E-state index in [1.165, 1.54) is 6.07 Å². The zero-order valence-electron chi connectivity index (χ0n) is 12.1. The Balaban J connectivity index is 1.66. The fourth-order valence-electron chi connectivity index (χ4n) is 2.65. The van der Waals surface area contributed by atoms with Crippen molar-refractivity contribution in [3.8, 4) is 0 Å². The number of rotatable bonds is 4. The van der Waals surface area contributed by atoms with Crippen molar-refractivity contribution < 1.29 is 13.6 Å². The number of fused-ring (bicyclic) bond motifs is 1. The summed E-state index contributed by atoms with van der Waals surface area (Å²) in [6.45, 7) is 2.69. The molecule has 0 aliphatic carbocycles. The number of carbonyl (C=O) groups is 1. The average molecular weight is 306 g/mol. The summed E-state index contributed by atoms with van der Waals surface area (Å²) in [4.78, 5) is 12.1. The van der Waals surface area contributed by atoms with Gasteiger partial charge in [0.15, 0.2) is 5.82 Å². The van der Waals surface area contributed by atoms with Gasteiger partial charge in [0.05, 0.1) is 12.5 Å². The molecule has 0 radical (unpaired) electrons. The van der Waals surface area contributed by atoms with Gasteiger partial charge < -0.3 is 9.88 Å². The molecule has 1 aromatic heterocycles. The summed E-state index contributed by atoms with van der Waals surface area (Å²) in [5.74, 6) is -0.782. The van der Waals surface area contributed by atoms with Gasteiger partial charge in [-0.25, -0.2) is 8.78 Å². The number of aryl methyl sites for hydroxylation is 1. The lowest BCUT2D eigenvalue weighted by molar-refractivity contribution is -0.122. The lowest BCUT2D eigenvalue weighted by Crippen LogP contribution is -2.29. The van der Waals surface area contributed by atoms with Gasteiger partial charge in [-0.15, -0.1) is 10.2 Å². The third-order valence-electron chi connectivity index (χ3n) is 3.93. The lowest BCUT2D eigenvalue weighted by Gasteiger charge is -2.13. The van der Waals surface area contributed by atoms with Gasteiger partial charge in [-0.3, -0.25) is 4.79 Å². The predicted molar refractivity (Wildman–Crippen MR) is 75.0 cm³/mol. The van der Waals surface area contributed by atoms with E-state index in [1.807, 2.05) is 4.57 Å². The van der Waals surface area contributed by atoms with Gasteiger partial charge >= 0.3 is 0 Å². The molecule has 0 fully saturated rings. The quantitative estimate of drug-likeness (QED) is 0.939. The van der Waals surface area contributed by atoms with Gasteiger partial charge in [-0.2, -0.15) is 0 Å². The van der Waals surface area contributed by atoms with Crippen LogP contribution in [0.15, 0.2) is 18.2 Å². The molecule has 1 aromatic carbocycles. The van der Waals surface area contributed by atoms with Crippen molar-refractivity contribution in [2.75, 3.05) is 0 Å². The van der Waals surface area contributed by atoms with Crippen molar-refractivity contribution in [3.63, 3.8) is 0 Å². The maximum atomic E-state index is 13.7. The molecule has 0 bridgehead atoms. The fraction of sp³-hybridized carbons (Fsp3) is 0.400. The van der Waals surface area contributed by atoms with Crippen molar-refractivity contribution >= 4 is 5.91 Å². The molecule has 1 N–H and O–H groups in total. The highest BCUT2D eigenvalue weighted by molar-refractivity contribution is 5.83. The molecule has 2 aromatic rings. The molecule has 5 nitrogen and oxygen atoms in total. The average Bonchev–Trinajstić information content (AvgIpc) is 3.07. The number of halogens is 2. The Morgan fingerprint density at radius 1 is 1.41 bits per heavy atom. The number of hydrogen-bond acceptors (Lipinski definition) is 3. The summed E-state index contributed by atoms with van der Waals surface area (Å²) in [5.41, 5.74) is 0.172. The van der Waals surface area contributed by atoms with Crippen LogP contribution in [0.4, 0.5) is 8.78 Å². The minimum absolute atomic E-state index is 0.172. The van der Waals surface area contributed by atoms with E-state index in [1.54, 1.807) is 6.92 Å². The first-order valence-electron chi connectivity index (χ1n) is 7.20. The molecule has 0 saturated heterocycles. The molecule has 2 heterocycles. The van der Waals surface area contributed by atoms with Crippen LogP contribution in [0.3, 0.4) is 0 Å². The highest BCUT2D eigenvalue weighted by atomic mass is 19.1. The SMILES string of the molecule is CC(C(=O)NCc1nnc2n1CCC2)c1ccc(F)cc1F. The van der Waals surface area contributed by atoms with Gasteiger partial charge in [0.25, 0.3) is 0 Å². The van der Waals surface area contributed by atoms with Crippen molar-refractivity contribution in [2.24, 2.45) is 0 Å². The fourth-order valence-corrected chi connectivity index (χ4v) is 2.65. The third-order valence-corrected chi connectivity index (χ3v) is 3.93. The Morgan fingerprint density at radius 2 is 2.23 bits per heavy atom. The van der Waals surface area contributed by atoms with Gasteiger partial charge in [0, 0.05) is 24.6 Å². The van der Waals surface area contributed by atoms with Crippen LogP contribution >= 0.6 is 0 Å². The maximum Gasteiger partial charge on any atom is 0.227 e. The van der Waals surface area contributed by atoms with E-state index in [9.17, 15) is 13.6 Å². The molecule has 1 amide bonds. The van der Waals surface area contributed by atoms with Crippen molar-refractivity contribution in [3.05, 3.63) is 47.0 Å². The summed E-state index contributed by atoms with van der Waals surface area (Å²) >= 11 is 0. The van der Waals surface area contributed by atoms with E-state index < -0.39 is 17.6 Å². The Labute approximate surface area is 126 Å². The van der Waals surface area contributed by atoms with Crippen LogP contribution in [0.5, 0.6) is 0 Å². The standard InChI is InChI=1S/C15H16F2N4O/c1-9(11-5-4-10(16)7-12(11)17)15(22)18-8-14-20-19-13-3-2-6-21(13)14/h4-5,7,9H,2-3,6,8H2,1H3,(H,18,22). The molecule has 1 atom stereocenters. The van der Waals surface area contributed by atoms with Crippen LogP contribution in [0.2, 0.25) is 0 Å². The molecule has 0 spiro atoms. The molecule has 1 aliphatic heterocycles. The number of nitrogens with zero attached hydrogens (tertiary/aromatic N) is 3. The number of benzene rings is 1. The predicted octanol–water partition coefficient (Wildman–Crippen LogP) is 1.92. The summed E-state index contributed by atoms with van der Waals surface area (Å²) in [7, 11) is 0. The van der Waals surface area contributed by atoms with Crippen LogP contribution in [-0.2, 0) is 24.3 Å². The Hall–Kier alpha value is -2.31. The zero-order valence-corrected chi connectivity index (χ0v) is 12.1. The van der Waals surface area contributed by atoms with Crippen LogP contribution in [-0.4, -0.2) is 20.7 Å². The molecule has 7 heteroatoms. The Morgan fingerprint density at radius 3 is 3.00 bits per heavy atom. The summed E-state index contributed by atoms with van der Waals surface area (Å²) in [6.07, 6.45) is 1.93. The lowest BCUT2D eigenvalue weighted by atomic mass is 9.99.